The minimum absolute atomic E-state index is 0.431. The lowest BCUT2D eigenvalue weighted by Gasteiger charge is -2.04. The van der Waals surface area contributed by atoms with E-state index in [9.17, 15) is 0 Å². The Balaban J connectivity index is 2.01. The largest absolute Gasteiger partial charge is 0.301 e. The Bertz CT molecular complexity index is 1020. The lowest BCUT2D eigenvalue weighted by atomic mass is 10.1. The summed E-state index contributed by atoms with van der Waals surface area (Å²) in [6, 6.07) is 15.7. The summed E-state index contributed by atoms with van der Waals surface area (Å²) in [5.41, 5.74) is 3.74. The van der Waals surface area contributed by atoms with E-state index in [4.69, 9.17) is 23.2 Å². The van der Waals surface area contributed by atoms with Crippen LogP contribution in [0, 0.1) is 0 Å². The molecule has 2 heterocycles. The topological polar surface area (TPSA) is 30.7 Å². The molecule has 3 nitrogen and oxygen atoms in total. The lowest BCUT2D eigenvalue weighted by Crippen LogP contribution is -1.93. The number of benzene rings is 2. The monoisotopic (exact) mass is 417 g/mol. The Kier molecular flexibility index (Phi) is 4.04. The summed E-state index contributed by atoms with van der Waals surface area (Å²) in [5.74, 6) is 0. The first-order chi connectivity index (χ1) is 11.6. The summed E-state index contributed by atoms with van der Waals surface area (Å²) in [5, 5.41) is 1.95. The molecule has 0 radical (unpaired) electrons. The zero-order valence-corrected chi connectivity index (χ0v) is 15.3. The van der Waals surface area contributed by atoms with E-state index >= 15 is 0 Å². The average Bonchev–Trinajstić information content (AvgIpc) is 2.97. The fourth-order valence-electron chi connectivity index (χ4n) is 2.67. The number of fused-ring (bicyclic) bond motifs is 1. The van der Waals surface area contributed by atoms with Crippen LogP contribution >= 0.6 is 39.1 Å². The quantitative estimate of drug-likeness (QED) is 0.365. The Morgan fingerprint density at radius 3 is 2.29 bits per heavy atom. The molecule has 0 unspecified atom stereocenters. The van der Waals surface area contributed by atoms with Gasteiger partial charge in [0, 0.05) is 26.9 Å². The van der Waals surface area contributed by atoms with E-state index in [1.807, 2.05) is 59.3 Å². The fourth-order valence-corrected chi connectivity index (χ4v) is 3.29. The number of aromatic nitrogens is 3. The van der Waals surface area contributed by atoms with Crippen molar-refractivity contribution in [3.8, 4) is 16.8 Å². The predicted molar refractivity (Wildman–Crippen MR) is 102 cm³/mol. The van der Waals surface area contributed by atoms with Gasteiger partial charge >= 0.3 is 0 Å². The highest BCUT2D eigenvalue weighted by molar-refractivity contribution is 9.10. The second-order valence-electron chi connectivity index (χ2n) is 5.26. The highest BCUT2D eigenvalue weighted by Crippen LogP contribution is 2.35. The third-order valence-corrected chi connectivity index (χ3v) is 4.86. The second-order valence-corrected chi connectivity index (χ2v) is 6.97. The van der Waals surface area contributed by atoms with Gasteiger partial charge in [-0.15, -0.1) is 0 Å². The van der Waals surface area contributed by atoms with E-state index in [-0.39, 0.29) is 0 Å². The molecule has 118 valence electrons. The maximum atomic E-state index is 6.37. The van der Waals surface area contributed by atoms with Crippen molar-refractivity contribution in [2.24, 2.45) is 0 Å². The highest BCUT2D eigenvalue weighted by Gasteiger charge is 2.16. The zero-order chi connectivity index (χ0) is 16.7. The molecule has 0 amide bonds. The van der Waals surface area contributed by atoms with Crippen molar-refractivity contribution in [3.05, 3.63) is 75.7 Å². The molecular weight excluding hydrogens is 409 g/mol. The van der Waals surface area contributed by atoms with Gasteiger partial charge in [-0.2, -0.15) is 0 Å². The minimum atomic E-state index is 0.431. The van der Waals surface area contributed by atoms with E-state index in [2.05, 4.69) is 25.9 Å². The molecule has 6 heteroatoms. The van der Waals surface area contributed by atoms with Gasteiger partial charge in [-0.25, -0.2) is 9.97 Å². The van der Waals surface area contributed by atoms with Crippen LogP contribution in [0.4, 0.5) is 0 Å². The Morgan fingerprint density at radius 1 is 0.875 bits per heavy atom. The number of rotatable bonds is 2. The van der Waals surface area contributed by atoms with Crippen LogP contribution in [-0.2, 0) is 0 Å². The SMILES string of the molecule is Clc1ccc(-c2cn(-c3ccc(Br)cc3)c3ncnc(Cl)c23)cc1. The molecule has 4 aromatic rings. The minimum Gasteiger partial charge on any atom is -0.301 e. The molecule has 0 fully saturated rings. The van der Waals surface area contributed by atoms with E-state index in [1.54, 1.807) is 0 Å². The van der Waals surface area contributed by atoms with E-state index in [0.717, 1.165) is 32.3 Å². The van der Waals surface area contributed by atoms with Crippen molar-refractivity contribution in [1.29, 1.82) is 0 Å². The van der Waals surface area contributed by atoms with Gasteiger partial charge in [0.25, 0.3) is 0 Å². The molecule has 2 aromatic heterocycles. The van der Waals surface area contributed by atoms with E-state index in [0.29, 0.717) is 10.2 Å². The van der Waals surface area contributed by atoms with Crippen molar-refractivity contribution in [1.82, 2.24) is 14.5 Å². The van der Waals surface area contributed by atoms with Gasteiger partial charge in [-0.05, 0) is 42.0 Å². The van der Waals surface area contributed by atoms with Gasteiger partial charge in [-0.1, -0.05) is 51.3 Å². The zero-order valence-electron chi connectivity index (χ0n) is 12.2. The van der Waals surface area contributed by atoms with E-state index < -0.39 is 0 Å². The molecule has 24 heavy (non-hydrogen) atoms. The first kappa shape index (κ1) is 15.6. The van der Waals surface area contributed by atoms with Crippen molar-refractivity contribution in [3.63, 3.8) is 0 Å². The molecule has 0 aliphatic carbocycles. The third-order valence-electron chi connectivity index (χ3n) is 3.80. The summed E-state index contributed by atoms with van der Waals surface area (Å²) in [6.45, 7) is 0. The molecular formula is C18H10BrCl2N3. The van der Waals surface area contributed by atoms with Gasteiger partial charge in [0.2, 0.25) is 0 Å². The van der Waals surface area contributed by atoms with E-state index in [1.165, 1.54) is 6.33 Å². The summed E-state index contributed by atoms with van der Waals surface area (Å²) < 4.78 is 3.03. The standard InChI is InChI=1S/C18H10BrCl2N3/c19-12-3-7-14(8-4-12)24-9-15(11-1-5-13(20)6-2-11)16-17(21)22-10-23-18(16)24/h1-10H. The Morgan fingerprint density at radius 2 is 1.58 bits per heavy atom. The lowest BCUT2D eigenvalue weighted by molar-refractivity contribution is 1.07. The molecule has 0 atom stereocenters. The van der Waals surface area contributed by atoms with Gasteiger partial charge in [-0.3, -0.25) is 0 Å². The van der Waals surface area contributed by atoms with Crippen molar-refractivity contribution in [2.45, 2.75) is 0 Å². The van der Waals surface area contributed by atoms with Crippen molar-refractivity contribution >= 4 is 50.2 Å². The molecule has 0 N–H and O–H groups in total. The third kappa shape index (κ3) is 2.71. The van der Waals surface area contributed by atoms with Crippen LogP contribution in [0.3, 0.4) is 0 Å². The predicted octanol–water partition coefficient (Wildman–Crippen LogP) is 6.16. The Hall–Kier alpha value is -1.88. The summed E-state index contributed by atoms with van der Waals surface area (Å²) in [4.78, 5) is 8.57. The maximum Gasteiger partial charge on any atom is 0.150 e. The normalized spacial score (nSPS) is 11.1. The number of hydrogen-bond acceptors (Lipinski definition) is 2. The highest BCUT2D eigenvalue weighted by atomic mass is 79.9. The molecule has 0 aliphatic rings. The molecule has 0 saturated heterocycles. The van der Waals surface area contributed by atoms with Gasteiger partial charge < -0.3 is 4.57 Å². The summed E-state index contributed by atoms with van der Waals surface area (Å²) >= 11 is 15.8. The maximum absolute atomic E-state index is 6.37. The number of halogens is 3. The van der Waals surface area contributed by atoms with Crippen molar-refractivity contribution < 1.29 is 0 Å². The molecule has 0 aliphatic heterocycles. The van der Waals surface area contributed by atoms with Crippen LogP contribution in [0.25, 0.3) is 27.8 Å². The number of hydrogen-bond donors (Lipinski definition) is 0. The molecule has 4 rings (SSSR count). The first-order valence-corrected chi connectivity index (χ1v) is 8.72. The average molecular weight is 419 g/mol. The molecule has 0 saturated carbocycles. The van der Waals surface area contributed by atoms with Crippen LogP contribution in [0.1, 0.15) is 0 Å². The smallest absolute Gasteiger partial charge is 0.150 e. The van der Waals surface area contributed by atoms with Gasteiger partial charge in [0.1, 0.15) is 17.1 Å². The number of nitrogens with zero attached hydrogens (tertiary/aromatic N) is 3. The van der Waals surface area contributed by atoms with Gasteiger partial charge in [0.15, 0.2) is 0 Å². The molecule has 2 aromatic carbocycles. The van der Waals surface area contributed by atoms with Crippen LogP contribution < -0.4 is 0 Å². The second kappa shape index (κ2) is 6.20. The van der Waals surface area contributed by atoms with Crippen molar-refractivity contribution in [2.75, 3.05) is 0 Å². The summed E-state index contributed by atoms with van der Waals surface area (Å²) in [7, 11) is 0. The Labute approximate surface area is 157 Å². The van der Waals surface area contributed by atoms with Crippen LogP contribution in [0.15, 0.2) is 65.5 Å². The summed E-state index contributed by atoms with van der Waals surface area (Å²) in [6.07, 6.45) is 3.50. The van der Waals surface area contributed by atoms with Crippen LogP contribution in [0.2, 0.25) is 10.2 Å². The van der Waals surface area contributed by atoms with Crippen LogP contribution in [0.5, 0.6) is 0 Å². The molecule has 0 bridgehead atoms. The first-order valence-electron chi connectivity index (χ1n) is 7.17. The van der Waals surface area contributed by atoms with Gasteiger partial charge in [0.05, 0.1) is 5.39 Å². The molecule has 0 spiro atoms. The fraction of sp³-hybridized carbons (Fsp3) is 0. The van der Waals surface area contributed by atoms with Crippen LogP contribution in [-0.4, -0.2) is 14.5 Å².